The number of rotatable bonds is 8. The van der Waals surface area contributed by atoms with Crippen LogP contribution in [0.2, 0.25) is 0 Å². The van der Waals surface area contributed by atoms with E-state index in [0.29, 0.717) is 0 Å². The predicted molar refractivity (Wildman–Crippen MR) is 243 cm³/mol. The molecule has 0 aliphatic heterocycles. The summed E-state index contributed by atoms with van der Waals surface area (Å²) in [7, 11) is 0. The van der Waals surface area contributed by atoms with E-state index in [1.807, 2.05) is 0 Å². The van der Waals surface area contributed by atoms with Gasteiger partial charge in [0.25, 0.3) is 0 Å². The molecule has 0 spiro atoms. The molecule has 0 bridgehead atoms. The van der Waals surface area contributed by atoms with E-state index in [0.717, 1.165) is 17.1 Å². The van der Waals surface area contributed by atoms with Crippen LogP contribution in [0.5, 0.6) is 0 Å². The van der Waals surface area contributed by atoms with Gasteiger partial charge >= 0.3 is 0 Å². The molecule has 0 N–H and O–H groups in total. The zero-order valence-electron chi connectivity index (χ0n) is 31.5. The lowest BCUT2D eigenvalue weighted by Gasteiger charge is -2.31. The predicted octanol–water partition coefficient (Wildman–Crippen LogP) is 15.8. The Kier molecular flexibility index (Phi) is 8.95. The van der Waals surface area contributed by atoms with E-state index < -0.39 is 0 Å². The first kappa shape index (κ1) is 34.0. The Morgan fingerprint density at radius 2 is 0.719 bits per heavy atom. The average Bonchev–Trinajstić information content (AvgIpc) is 3.30. The number of fused-ring (bicyclic) bond motifs is 2. The third-order valence-electron chi connectivity index (χ3n) is 11.1. The minimum absolute atomic E-state index is 1.09. The third kappa shape index (κ3) is 6.56. The topological polar surface area (TPSA) is 3.24 Å². The molecule has 0 atom stereocenters. The molecule has 0 unspecified atom stereocenters. The van der Waals surface area contributed by atoms with Crippen LogP contribution < -0.4 is 4.90 Å². The van der Waals surface area contributed by atoms with Crippen LogP contribution in [0.25, 0.3) is 77.2 Å². The van der Waals surface area contributed by atoms with Crippen molar-refractivity contribution in [1.29, 1.82) is 0 Å². The summed E-state index contributed by atoms with van der Waals surface area (Å²) in [6.45, 7) is 0. The Bertz CT molecular complexity index is 2980. The fourth-order valence-electron chi connectivity index (χ4n) is 8.28. The molecule has 10 rings (SSSR count). The largest absolute Gasteiger partial charge is 0.309 e. The van der Waals surface area contributed by atoms with E-state index in [1.54, 1.807) is 0 Å². The van der Waals surface area contributed by atoms with Crippen molar-refractivity contribution in [3.63, 3.8) is 0 Å². The Balaban J connectivity index is 1.13. The van der Waals surface area contributed by atoms with Gasteiger partial charge < -0.3 is 4.90 Å². The summed E-state index contributed by atoms with van der Waals surface area (Å²) in [5, 5.41) is 4.91. The highest BCUT2D eigenvalue weighted by Crippen LogP contribution is 2.49. The number of benzene rings is 10. The highest BCUT2D eigenvalue weighted by atomic mass is 15.1. The van der Waals surface area contributed by atoms with Crippen molar-refractivity contribution in [2.75, 3.05) is 4.90 Å². The van der Waals surface area contributed by atoms with E-state index >= 15 is 0 Å². The van der Waals surface area contributed by atoms with Crippen LogP contribution in [0.15, 0.2) is 237 Å². The molecule has 1 nitrogen and oxygen atoms in total. The van der Waals surface area contributed by atoms with Crippen molar-refractivity contribution < 1.29 is 0 Å². The molecule has 0 heterocycles. The lowest BCUT2D eigenvalue weighted by Crippen LogP contribution is -2.12. The number of anilines is 3. The van der Waals surface area contributed by atoms with Crippen molar-refractivity contribution in [3.8, 4) is 55.6 Å². The smallest absolute Gasteiger partial charge is 0.0546 e. The molecule has 0 saturated carbocycles. The molecule has 0 amide bonds. The minimum Gasteiger partial charge on any atom is -0.309 e. The van der Waals surface area contributed by atoms with Gasteiger partial charge in [-0.3, -0.25) is 0 Å². The highest BCUT2D eigenvalue weighted by Gasteiger charge is 2.23. The summed E-state index contributed by atoms with van der Waals surface area (Å²) in [6.07, 6.45) is 0. The molecule has 0 aliphatic rings. The molecule has 268 valence electrons. The second kappa shape index (κ2) is 15.0. The van der Waals surface area contributed by atoms with E-state index in [-0.39, 0.29) is 0 Å². The molecule has 57 heavy (non-hydrogen) atoms. The van der Waals surface area contributed by atoms with Crippen LogP contribution in [-0.2, 0) is 0 Å². The average molecular weight is 726 g/mol. The number of hydrogen-bond acceptors (Lipinski definition) is 1. The van der Waals surface area contributed by atoms with Gasteiger partial charge in [-0.2, -0.15) is 0 Å². The van der Waals surface area contributed by atoms with E-state index in [9.17, 15) is 0 Å². The number of nitrogens with zero attached hydrogens (tertiary/aromatic N) is 1. The Morgan fingerprint density at radius 1 is 0.246 bits per heavy atom. The Morgan fingerprint density at radius 3 is 1.44 bits per heavy atom. The summed E-state index contributed by atoms with van der Waals surface area (Å²) >= 11 is 0. The maximum atomic E-state index is 2.46. The maximum Gasteiger partial charge on any atom is 0.0546 e. The number of hydrogen-bond donors (Lipinski definition) is 0. The monoisotopic (exact) mass is 725 g/mol. The van der Waals surface area contributed by atoms with E-state index in [2.05, 4.69) is 241 Å². The zero-order chi connectivity index (χ0) is 38.0. The van der Waals surface area contributed by atoms with Crippen LogP contribution in [0, 0.1) is 0 Å². The molecule has 10 aromatic carbocycles. The summed E-state index contributed by atoms with van der Waals surface area (Å²) in [4.78, 5) is 2.46. The fourth-order valence-corrected chi connectivity index (χ4v) is 8.28. The van der Waals surface area contributed by atoms with Crippen LogP contribution in [0.4, 0.5) is 17.1 Å². The fraction of sp³-hybridized carbons (Fsp3) is 0. The van der Waals surface area contributed by atoms with E-state index in [1.165, 1.54) is 77.2 Å². The minimum atomic E-state index is 1.09. The van der Waals surface area contributed by atoms with Gasteiger partial charge in [-0.15, -0.1) is 0 Å². The molecule has 1 heteroatoms. The second-order valence-corrected chi connectivity index (χ2v) is 14.5. The Hall–Kier alpha value is -7.48. The molecular weight excluding hydrogens is 687 g/mol. The van der Waals surface area contributed by atoms with Gasteiger partial charge in [-0.1, -0.05) is 206 Å². The van der Waals surface area contributed by atoms with Gasteiger partial charge in [-0.25, -0.2) is 0 Å². The zero-order valence-corrected chi connectivity index (χ0v) is 31.5. The highest BCUT2D eigenvalue weighted by molar-refractivity contribution is 6.05. The van der Waals surface area contributed by atoms with Gasteiger partial charge in [0, 0.05) is 16.6 Å². The molecule has 0 saturated heterocycles. The molecular formula is C56H39N. The maximum absolute atomic E-state index is 2.46. The standard InChI is InChI=1S/C56H39N/c1-3-16-44(17-4-1)50-23-11-12-25-53(50)56-52(46-18-5-2-6-19-46)26-14-28-55(56)57(54-27-13-22-45-20-9-10-24-51(45)54)49-37-35-42(36-38-49)41-29-31-43(32-30-41)48-34-33-40-15-7-8-21-47(40)39-48/h1-39H. The molecule has 10 aromatic rings. The summed E-state index contributed by atoms with van der Waals surface area (Å²) in [6, 6.07) is 85.7. The molecule has 0 aliphatic carbocycles. The van der Waals surface area contributed by atoms with E-state index in [4.69, 9.17) is 0 Å². The first-order chi connectivity index (χ1) is 28.3. The SMILES string of the molecule is c1ccc(-c2ccccc2-c2c(-c3ccccc3)cccc2N(c2ccc(-c3ccc(-c4ccc5ccccc5c4)cc3)cc2)c2cccc3ccccc23)cc1. The molecule has 0 aromatic heterocycles. The van der Waals surface area contributed by atoms with Crippen molar-refractivity contribution in [3.05, 3.63) is 237 Å². The van der Waals surface area contributed by atoms with Gasteiger partial charge in [0.2, 0.25) is 0 Å². The van der Waals surface area contributed by atoms with Gasteiger partial charge in [0.15, 0.2) is 0 Å². The normalized spacial score (nSPS) is 11.2. The summed E-state index contributed by atoms with van der Waals surface area (Å²) < 4.78 is 0. The van der Waals surface area contributed by atoms with Crippen molar-refractivity contribution in [2.24, 2.45) is 0 Å². The van der Waals surface area contributed by atoms with Gasteiger partial charge in [0.05, 0.1) is 11.4 Å². The van der Waals surface area contributed by atoms with Crippen LogP contribution in [-0.4, -0.2) is 0 Å². The summed E-state index contributed by atoms with van der Waals surface area (Å²) in [5.74, 6) is 0. The Labute approximate surface area is 334 Å². The quantitative estimate of drug-likeness (QED) is 0.151. The molecule has 0 fully saturated rings. The third-order valence-corrected chi connectivity index (χ3v) is 11.1. The lowest BCUT2D eigenvalue weighted by atomic mass is 9.87. The van der Waals surface area contributed by atoms with Crippen LogP contribution in [0.3, 0.4) is 0 Å². The van der Waals surface area contributed by atoms with Gasteiger partial charge in [0.1, 0.15) is 0 Å². The second-order valence-electron chi connectivity index (χ2n) is 14.5. The molecule has 0 radical (unpaired) electrons. The van der Waals surface area contributed by atoms with Crippen molar-refractivity contribution in [2.45, 2.75) is 0 Å². The van der Waals surface area contributed by atoms with Crippen molar-refractivity contribution in [1.82, 2.24) is 0 Å². The van der Waals surface area contributed by atoms with Crippen molar-refractivity contribution >= 4 is 38.6 Å². The lowest BCUT2D eigenvalue weighted by molar-refractivity contribution is 1.30. The first-order valence-corrected chi connectivity index (χ1v) is 19.6. The van der Waals surface area contributed by atoms with Gasteiger partial charge in [-0.05, 0) is 96.6 Å². The first-order valence-electron chi connectivity index (χ1n) is 19.6. The van der Waals surface area contributed by atoms with Crippen LogP contribution in [0.1, 0.15) is 0 Å². The van der Waals surface area contributed by atoms with Crippen LogP contribution >= 0.6 is 0 Å². The summed E-state index contributed by atoms with van der Waals surface area (Å²) in [5.41, 5.74) is 15.3.